The molecule has 0 aromatic carbocycles. The minimum absolute atomic E-state index is 0.191. The molecule has 0 bridgehead atoms. The van der Waals surface area contributed by atoms with Gasteiger partial charge in [0.15, 0.2) is 0 Å². The summed E-state index contributed by atoms with van der Waals surface area (Å²) in [5, 5.41) is 0. The molecule has 1 saturated heterocycles. The minimum atomic E-state index is -0.191. The van der Waals surface area contributed by atoms with Crippen LogP contribution >= 0.6 is 0 Å². The summed E-state index contributed by atoms with van der Waals surface area (Å²) in [5.74, 6) is 0. The Labute approximate surface area is 65.5 Å². The van der Waals surface area contributed by atoms with Gasteiger partial charge in [-0.1, -0.05) is 6.07 Å². The van der Waals surface area contributed by atoms with Crippen molar-refractivity contribution in [3.63, 3.8) is 0 Å². The van der Waals surface area contributed by atoms with Crippen LogP contribution in [0.25, 0.3) is 0 Å². The van der Waals surface area contributed by atoms with E-state index in [-0.39, 0.29) is 7.12 Å². The predicted molar refractivity (Wildman–Crippen MR) is 41.5 cm³/mol. The maximum absolute atomic E-state index is 5.28. The zero-order valence-corrected chi connectivity index (χ0v) is 6.06. The molecule has 1 aromatic rings. The van der Waals surface area contributed by atoms with E-state index in [2.05, 4.69) is 4.98 Å². The Bertz CT molecular complexity index is 223. The summed E-state index contributed by atoms with van der Waals surface area (Å²) >= 11 is 0. The molecule has 1 aliphatic heterocycles. The van der Waals surface area contributed by atoms with Gasteiger partial charge in [0.1, 0.15) is 0 Å². The highest BCUT2D eigenvalue weighted by atomic mass is 16.6. The third kappa shape index (κ3) is 1.41. The van der Waals surface area contributed by atoms with Crippen LogP contribution < -0.4 is 5.46 Å². The summed E-state index contributed by atoms with van der Waals surface area (Å²) < 4.78 is 10.6. The molecule has 0 amide bonds. The molecule has 56 valence electrons. The topological polar surface area (TPSA) is 31.4 Å². The van der Waals surface area contributed by atoms with E-state index in [1.54, 1.807) is 12.4 Å². The summed E-state index contributed by atoms with van der Waals surface area (Å²) in [6, 6.07) is 3.82. The van der Waals surface area contributed by atoms with Crippen LogP contribution in [0.3, 0.4) is 0 Å². The van der Waals surface area contributed by atoms with E-state index in [4.69, 9.17) is 9.31 Å². The second kappa shape index (κ2) is 3.03. The van der Waals surface area contributed by atoms with Gasteiger partial charge >= 0.3 is 7.12 Å². The van der Waals surface area contributed by atoms with Crippen LogP contribution in [0, 0.1) is 0 Å². The number of hydrogen-bond acceptors (Lipinski definition) is 3. The molecule has 4 heteroatoms. The van der Waals surface area contributed by atoms with Gasteiger partial charge in [-0.2, -0.15) is 0 Å². The van der Waals surface area contributed by atoms with Gasteiger partial charge in [-0.3, -0.25) is 4.98 Å². The Morgan fingerprint density at radius 1 is 1.36 bits per heavy atom. The van der Waals surface area contributed by atoms with Gasteiger partial charge in [-0.05, 0) is 6.07 Å². The van der Waals surface area contributed by atoms with E-state index in [9.17, 15) is 0 Å². The van der Waals surface area contributed by atoms with Crippen molar-refractivity contribution in [2.45, 2.75) is 0 Å². The molecular weight excluding hydrogens is 141 g/mol. The molecule has 1 aromatic heterocycles. The maximum Gasteiger partial charge on any atom is 0.495 e. The standard InChI is InChI=1S/C7H8BNO2/c1-2-7(6-9-3-1)8-10-4-5-11-8/h1-3,6H,4-5H2. The highest BCUT2D eigenvalue weighted by Crippen LogP contribution is 1.98. The van der Waals surface area contributed by atoms with Gasteiger partial charge in [-0.25, -0.2) is 0 Å². The van der Waals surface area contributed by atoms with Crippen molar-refractivity contribution in [1.82, 2.24) is 4.98 Å². The summed E-state index contributed by atoms with van der Waals surface area (Å²) in [6.07, 6.45) is 3.49. The van der Waals surface area contributed by atoms with Crippen molar-refractivity contribution in [1.29, 1.82) is 0 Å². The van der Waals surface area contributed by atoms with Gasteiger partial charge in [0.05, 0.1) is 13.2 Å². The molecule has 2 rings (SSSR count). The van der Waals surface area contributed by atoms with Crippen molar-refractivity contribution in [2.24, 2.45) is 0 Å². The fourth-order valence-electron chi connectivity index (χ4n) is 1.07. The van der Waals surface area contributed by atoms with Gasteiger partial charge in [-0.15, -0.1) is 0 Å². The van der Waals surface area contributed by atoms with Gasteiger partial charge in [0.2, 0.25) is 0 Å². The van der Waals surface area contributed by atoms with Crippen molar-refractivity contribution < 1.29 is 9.31 Å². The molecule has 0 saturated carbocycles. The zero-order valence-electron chi connectivity index (χ0n) is 6.06. The third-order valence-electron chi connectivity index (χ3n) is 1.58. The second-order valence-corrected chi connectivity index (χ2v) is 2.36. The molecule has 0 atom stereocenters. The third-order valence-corrected chi connectivity index (χ3v) is 1.58. The van der Waals surface area contributed by atoms with E-state index in [0.29, 0.717) is 13.2 Å². The molecule has 3 nitrogen and oxygen atoms in total. The lowest BCUT2D eigenvalue weighted by Crippen LogP contribution is -2.31. The summed E-state index contributed by atoms with van der Waals surface area (Å²) in [4.78, 5) is 3.97. The fourth-order valence-corrected chi connectivity index (χ4v) is 1.07. The van der Waals surface area contributed by atoms with E-state index in [1.807, 2.05) is 12.1 Å². The first-order chi connectivity index (χ1) is 5.47. The summed E-state index contributed by atoms with van der Waals surface area (Å²) in [6.45, 7) is 1.36. The first-order valence-corrected chi connectivity index (χ1v) is 3.60. The minimum Gasteiger partial charge on any atom is -0.405 e. The molecule has 0 N–H and O–H groups in total. The highest BCUT2D eigenvalue weighted by Gasteiger charge is 2.25. The van der Waals surface area contributed by atoms with Crippen LogP contribution in [0.1, 0.15) is 0 Å². The van der Waals surface area contributed by atoms with Crippen molar-refractivity contribution >= 4 is 12.6 Å². The second-order valence-electron chi connectivity index (χ2n) is 2.36. The largest absolute Gasteiger partial charge is 0.495 e. The SMILES string of the molecule is c1cncc(B2OCCO2)c1. The Morgan fingerprint density at radius 2 is 2.18 bits per heavy atom. The fraction of sp³-hybridized carbons (Fsp3) is 0.286. The van der Waals surface area contributed by atoms with Crippen LogP contribution in [0.5, 0.6) is 0 Å². The normalized spacial score (nSPS) is 17.3. The number of rotatable bonds is 1. The van der Waals surface area contributed by atoms with E-state index in [0.717, 1.165) is 5.46 Å². The summed E-state index contributed by atoms with van der Waals surface area (Å²) in [7, 11) is -0.191. The Hall–Kier alpha value is -0.865. The molecule has 0 unspecified atom stereocenters. The van der Waals surface area contributed by atoms with Crippen LogP contribution in [0.4, 0.5) is 0 Å². The van der Waals surface area contributed by atoms with E-state index >= 15 is 0 Å². The molecule has 2 heterocycles. The first kappa shape index (κ1) is 6.82. The van der Waals surface area contributed by atoms with Gasteiger partial charge in [0.25, 0.3) is 0 Å². The zero-order chi connectivity index (χ0) is 7.52. The summed E-state index contributed by atoms with van der Waals surface area (Å²) in [5.41, 5.74) is 0.991. The van der Waals surface area contributed by atoms with Gasteiger partial charge in [0, 0.05) is 17.9 Å². The number of pyridine rings is 1. The van der Waals surface area contributed by atoms with Crippen LogP contribution in [0.15, 0.2) is 24.5 Å². The van der Waals surface area contributed by atoms with Crippen molar-refractivity contribution in [3.8, 4) is 0 Å². The lowest BCUT2D eigenvalue weighted by atomic mass is 9.81. The van der Waals surface area contributed by atoms with Gasteiger partial charge < -0.3 is 9.31 Å². The predicted octanol–water partition coefficient (Wildman–Crippen LogP) is -0.176. The van der Waals surface area contributed by atoms with Crippen LogP contribution in [0.2, 0.25) is 0 Å². The quantitative estimate of drug-likeness (QED) is 0.519. The molecule has 0 radical (unpaired) electrons. The molecule has 0 spiro atoms. The molecule has 1 aliphatic rings. The first-order valence-electron chi connectivity index (χ1n) is 3.60. The molecule has 0 aliphatic carbocycles. The van der Waals surface area contributed by atoms with Crippen molar-refractivity contribution in [2.75, 3.05) is 13.2 Å². The number of aromatic nitrogens is 1. The molecular formula is C7H8BNO2. The van der Waals surface area contributed by atoms with Crippen LogP contribution in [-0.4, -0.2) is 25.3 Å². The van der Waals surface area contributed by atoms with Crippen LogP contribution in [-0.2, 0) is 9.31 Å². The Morgan fingerprint density at radius 3 is 2.82 bits per heavy atom. The maximum atomic E-state index is 5.28. The molecule has 11 heavy (non-hydrogen) atoms. The molecule has 1 fully saturated rings. The monoisotopic (exact) mass is 149 g/mol. The number of hydrogen-bond donors (Lipinski definition) is 0. The average Bonchev–Trinajstić information content (AvgIpc) is 2.58. The Balaban J connectivity index is 2.16. The Kier molecular flexibility index (Phi) is 1.88. The number of nitrogens with zero attached hydrogens (tertiary/aromatic N) is 1. The lowest BCUT2D eigenvalue weighted by molar-refractivity contribution is 0.365. The van der Waals surface area contributed by atoms with E-state index < -0.39 is 0 Å². The van der Waals surface area contributed by atoms with Crippen molar-refractivity contribution in [3.05, 3.63) is 24.5 Å². The lowest BCUT2D eigenvalue weighted by Gasteiger charge is -2.00. The highest BCUT2D eigenvalue weighted by molar-refractivity contribution is 6.61. The smallest absolute Gasteiger partial charge is 0.405 e. The van der Waals surface area contributed by atoms with E-state index in [1.165, 1.54) is 0 Å². The average molecular weight is 149 g/mol.